The van der Waals surface area contributed by atoms with Crippen molar-refractivity contribution in [2.75, 3.05) is 132 Å². The van der Waals surface area contributed by atoms with Crippen LogP contribution in [0.4, 0.5) is 0 Å². The molecule has 0 bridgehead atoms. The van der Waals surface area contributed by atoms with Gasteiger partial charge in [-0.3, -0.25) is 32.6 Å². The lowest BCUT2D eigenvalue weighted by atomic mass is 9.92. The van der Waals surface area contributed by atoms with Crippen LogP contribution < -0.4 is 40.4 Å². The standard InChI is InChI=1S/C65H126N3O41P5/c1-43(2)110(81,82)109-48-34-44(3)105-52(48)38-103-114(89,90)104-42-65(39-91-22-19-31-100-111(83,84)97-28-16-10-7-13-25-94-62-53(66-45(4)72)59(78)56(75)49(35-69)106-62,40-92-23-20-32-101-112(85,86)98-29-17-11-8-14-26-95-63-54(67-46(5)73)60(79)57(76)50(36-70)107-63)41-93-24-21-33-102-113(87,88)99-30-18-12-9-15-27-96-64-55(68-47(6)74)61(80)58(77)51(37-71)108-64/h43-44,48-64,69-71,75-80H,7-42H2,1-6H3,(H,66,72)(H,67,73)(H,68,74)(H,81,82)(H,83,84)(H,85,86)(H,87,88)(H,89,90)/p-5/t44-,48?,49?,50?,51?,52+,53?,54?,55?,56-,57-,58-,59+,60+,61+,62+,63+,64+,65?/m0/s1. The largest absolute Gasteiger partial charge is 0.778 e. The number of amides is 3. The van der Waals surface area contributed by atoms with Crippen molar-refractivity contribution < 1.29 is 196 Å². The van der Waals surface area contributed by atoms with Gasteiger partial charge in [-0.25, -0.2) is 0 Å². The zero-order chi connectivity index (χ0) is 84.7. The average molecular weight is 1760 g/mol. The molecule has 0 aromatic carbocycles. The molecule has 4 saturated heterocycles. The number of aliphatic hydroxyl groups excluding tert-OH is 9. The molecule has 0 aliphatic carbocycles. The molecule has 4 aliphatic heterocycles. The first kappa shape index (κ1) is 105. The molecule has 0 aromatic heterocycles. The fraction of sp³-hybridized carbons (Fsp3) is 0.954. The summed E-state index contributed by atoms with van der Waals surface area (Å²) in [6.45, 7) is 0.271. The molecule has 0 spiro atoms. The lowest BCUT2D eigenvalue weighted by molar-refractivity contribution is -0.270. The lowest BCUT2D eigenvalue weighted by Gasteiger charge is -2.42. The minimum atomic E-state index is -5.40. The summed E-state index contributed by atoms with van der Waals surface area (Å²) in [7, 11) is -24.5. The summed E-state index contributed by atoms with van der Waals surface area (Å²) in [5.41, 5.74) is -2.60. The first-order valence-corrected chi connectivity index (χ1v) is 45.6. The smallest absolute Gasteiger partial charge is 0.267 e. The number of hydrogen-bond acceptors (Lipinski definition) is 41. The third kappa shape index (κ3) is 40.0. The number of aliphatic hydroxyl groups is 9. The van der Waals surface area contributed by atoms with Crippen molar-refractivity contribution in [1.82, 2.24) is 16.0 Å². The van der Waals surface area contributed by atoms with E-state index in [4.69, 9.17) is 88.1 Å². The molecule has 3 amide bonds. The molecule has 0 aromatic rings. The van der Waals surface area contributed by atoms with Gasteiger partial charge in [-0.15, -0.1) is 0 Å². The Morgan fingerprint density at radius 1 is 0.395 bits per heavy atom. The molecule has 0 saturated carbocycles. The highest BCUT2D eigenvalue weighted by Gasteiger charge is 2.48. The number of nitrogens with one attached hydrogen (secondary N) is 3. The van der Waals surface area contributed by atoms with Gasteiger partial charge in [0.05, 0.1) is 110 Å². The number of rotatable bonds is 63. The third-order valence-electron chi connectivity index (χ3n) is 18.0. The van der Waals surface area contributed by atoms with Crippen LogP contribution in [-0.2, 0) is 125 Å². The van der Waals surface area contributed by atoms with Crippen molar-refractivity contribution in [1.29, 1.82) is 0 Å². The fourth-order valence-corrected chi connectivity index (χ4v) is 15.8. The van der Waals surface area contributed by atoms with Gasteiger partial charge in [-0.2, -0.15) is 0 Å². The SMILES string of the molecule is CC(=O)NC1[C@H](OCCCCCCOP(=O)([O-])OCCCOCC(COCCCOP(=O)([O-])OCCCCCCO[C@@H]2OC(CO)[C@H](O)[C@H](O)C2NC(C)=O)(COCCCOP(=O)([O-])OCCCCCCO[C@@H]2OC(CO)[C@H](O)[C@H](O)C2NC(C)=O)COP(=O)([O-])OC[C@H]2O[C@@H](C)CC2OP(=O)([O-])C(C)C)OC(CO)[C@H](O)[C@@H]1O. The molecule has 12 N–H and O–H groups in total. The second kappa shape index (κ2) is 54.0. The number of carbonyl (C=O) groups is 3. The molecule has 4 aliphatic rings. The fourth-order valence-electron chi connectivity index (χ4n) is 11.8. The van der Waals surface area contributed by atoms with E-state index in [1.54, 1.807) is 6.92 Å². The second-order valence-corrected chi connectivity index (χ2v) is 36.2. The van der Waals surface area contributed by atoms with E-state index >= 15 is 0 Å². The van der Waals surface area contributed by atoms with E-state index < -0.39 is 251 Å². The van der Waals surface area contributed by atoms with E-state index in [9.17, 15) is 108 Å². The molecular formula is C65H121N3O41P5-5. The molecule has 4 fully saturated rings. The summed E-state index contributed by atoms with van der Waals surface area (Å²) < 4.78 is 168. The van der Waals surface area contributed by atoms with Crippen LogP contribution in [0.3, 0.4) is 0 Å². The van der Waals surface area contributed by atoms with Gasteiger partial charge >= 0.3 is 0 Å². The van der Waals surface area contributed by atoms with Crippen molar-refractivity contribution in [3.63, 3.8) is 0 Å². The van der Waals surface area contributed by atoms with Gasteiger partial charge in [0.1, 0.15) is 86.8 Å². The quantitative estimate of drug-likeness (QED) is 0.0218. The summed E-state index contributed by atoms with van der Waals surface area (Å²) in [5, 5.41) is 98.4. The van der Waals surface area contributed by atoms with E-state index in [1.165, 1.54) is 34.6 Å². The monoisotopic (exact) mass is 1750 g/mol. The van der Waals surface area contributed by atoms with E-state index in [-0.39, 0.29) is 104 Å². The predicted molar refractivity (Wildman–Crippen MR) is 383 cm³/mol. The summed E-state index contributed by atoms with van der Waals surface area (Å²) in [6, 6.07) is -3.38. The minimum Gasteiger partial charge on any atom is -0.778 e. The maximum atomic E-state index is 13.7. The first-order chi connectivity index (χ1) is 53.8. The molecule has 12 unspecified atom stereocenters. The Kier molecular flexibility index (Phi) is 49.5. The van der Waals surface area contributed by atoms with Crippen LogP contribution in [0.5, 0.6) is 0 Å². The highest BCUT2D eigenvalue weighted by atomic mass is 31.2. The lowest BCUT2D eigenvalue weighted by Crippen LogP contribution is -2.64. The molecule has 44 nitrogen and oxygen atoms in total. The maximum Gasteiger partial charge on any atom is 0.267 e. The first-order valence-electron chi connectivity index (χ1n) is 38.1. The maximum absolute atomic E-state index is 13.7. The highest BCUT2D eigenvalue weighted by Crippen LogP contribution is 2.48. The molecule has 4 rings (SSSR count). The molecular weight excluding hydrogens is 1630 g/mol. The Labute approximate surface area is 663 Å². The van der Waals surface area contributed by atoms with Crippen LogP contribution >= 0.6 is 38.9 Å². The zero-order valence-corrected chi connectivity index (χ0v) is 69.7. The van der Waals surface area contributed by atoms with Crippen molar-refractivity contribution >= 4 is 56.6 Å². The van der Waals surface area contributed by atoms with Gasteiger partial charge in [0.2, 0.25) is 17.7 Å². The molecule has 4 heterocycles. The van der Waals surface area contributed by atoms with E-state index in [0.717, 1.165) is 0 Å². The van der Waals surface area contributed by atoms with Gasteiger partial charge in [0.15, 0.2) is 18.9 Å². The van der Waals surface area contributed by atoms with E-state index in [0.29, 0.717) is 57.8 Å². The van der Waals surface area contributed by atoms with Crippen LogP contribution in [0.2, 0.25) is 0 Å². The number of phosphoric acid groups is 4. The number of carbonyl (C=O) groups excluding carboxylic acids is 3. The Morgan fingerprint density at radius 2 is 0.684 bits per heavy atom. The summed E-state index contributed by atoms with van der Waals surface area (Å²) in [4.78, 5) is 100.0. The number of unbranched alkanes of at least 4 members (excludes halogenated alkanes) is 9. The van der Waals surface area contributed by atoms with Crippen LogP contribution in [-0.4, -0.2) is 312 Å². The number of hydrogen-bond donors (Lipinski definition) is 12. The van der Waals surface area contributed by atoms with Gasteiger partial charge in [-0.1, -0.05) is 52.4 Å². The minimum absolute atomic E-state index is 0.0669. The van der Waals surface area contributed by atoms with Crippen LogP contribution in [0.1, 0.15) is 144 Å². The van der Waals surface area contributed by atoms with Gasteiger partial charge in [0, 0.05) is 72.5 Å². The average Bonchev–Trinajstić information content (AvgIpc) is 1.13. The van der Waals surface area contributed by atoms with Gasteiger partial charge in [0.25, 0.3) is 31.3 Å². The Hall–Kier alpha value is -1.76. The molecule has 114 heavy (non-hydrogen) atoms. The van der Waals surface area contributed by atoms with Gasteiger partial charge < -0.3 is 179 Å². The number of phosphoric ester groups is 4. The summed E-state index contributed by atoms with van der Waals surface area (Å²) in [5.74, 6) is -1.57. The molecule has 49 heteroatoms. The van der Waals surface area contributed by atoms with Gasteiger partial charge in [-0.05, 0) is 64.7 Å². The second-order valence-electron chi connectivity index (χ2n) is 28.2. The zero-order valence-electron chi connectivity index (χ0n) is 65.3. The summed E-state index contributed by atoms with van der Waals surface area (Å²) in [6.07, 6.45) is -14.3. The van der Waals surface area contributed by atoms with Crippen molar-refractivity contribution in [2.24, 2.45) is 5.41 Å². The van der Waals surface area contributed by atoms with Crippen LogP contribution in [0.15, 0.2) is 0 Å². The topological polar surface area (TPSA) is 645 Å². The van der Waals surface area contributed by atoms with Crippen molar-refractivity contribution in [2.45, 2.75) is 260 Å². The molecule has 23 atom stereocenters. The van der Waals surface area contributed by atoms with Crippen molar-refractivity contribution in [3.05, 3.63) is 0 Å². The van der Waals surface area contributed by atoms with Crippen LogP contribution in [0, 0.1) is 5.41 Å². The third-order valence-corrected chi connectivity index (χ3v) is 23.7. The Balaban J connectivity index is 1.35. The molecule has 672 valence electrons. The van der Waals surface area contributed by atoms with Crippen molar-refractivity contribution in [3.8, 4) is 0 Å². The van der Waals surface area contributed by atoms with E-state index in [2.05, 4.69) is 16.0 Å². The Morgan fingerprint density at radius 3 is 0.974 bits per heavy atom. The molecule has 0 radical (unpaired) electrons. The normalized spacial score (nSPS) is 30.0. The highest BCUT2D eigenvalue weighted by molar-refractivity contribution is 7.52. The van der Waals surface area contributed by atoms with E-state index in [1.807, 2.05) is 0 Å². The van der Waals surface area contributed by atoms with Crippen LogP contribution in [0.25, 0.3) is 0 Å². The predicted octanol–water partition coefficient (Wildman–Crippen LogP) is -2.71. The summed E-state index contributed by atoms with van der Waals surface area (Å²) >= 11 is 0. The Bertz CT molecular complexity index is 2730. The number of ether oxygens (including phenoxy) is 10.